The number of ether oxygens (including phenoxy) is 1. The first-order valence-corrected chi connectivity index (χ1v) is 9.01. The van der Waals surface area contributed by atoms with E-state index >= 15 is 0 Å². The first-order chi connectivity index (χ1) is 13.0. The van der Waals surface area contributed by atoms with E-state index in [0.29, 0.717) is 17.8 Å². The van der Waals surface area contributed by atoms with E-state index in [9.17, 15) is 9.59 Å². The minimum Gasteiger partial charge on any atom is -0.452 e. The molecule has 3 rings (SSSR count). The molecule has 140 valence electrons. The molecule has 6 nitrogen and oxygen atoms in total. The van der Waals surface area contributed by atoms with Crippen molar-refractivity contribution in [2.24, 2.45) is 0 Å². The lowest BCUT2D eigenvalue weighted by molar-refractivity contribution is -0.121. The smallest absolute Gasteiger partial charge is 0.342 e. The number of carbonyl (C=O) groups excluding carboxylic acids is 2. The molecule has 3 aromatic rings. The number of likely N-dealkylation sites (N-methyl/N-ethyl adjacent to an activating group) is 1. The molecule has 2 aromatic carbocycles. The minimum absolute atomic E-state index is 0.105. The summed E-state index contributed by atoms with van der Waals surface area (Å²) in [5, 5.41) is 8.75. The number of esters is 1. The fourth-order valence-electron chi connectivity index (χ4n) is 3.11. The Hall–Kier alpha value is -3.15. The monoisotopic (exact) mass is 365 g/mol. The predicted octanol–water partition coefficient (Wildman–Crippen LogP) is 3.90. The van der Waals surface area contributed by atoms with Crippen LogP contribution in [0.2, 0.25) is 0 Å². The number of benzene rings is 2. The van der Waals surface area contributed by atoms with E-state index in [1.807, 2.05) is 63.2 Å². The Morgan fingerprint density at radius 1 is 1.15 bits per heavy atom. The van der Waals surface area contributed by atoms with Crippen LogP contribution in [0.5, 0.6) is 0 Å². The van der Waals surface area contributed by atoms with Gasteiger partial charge in [0.15, 0.2) is 6.61 Å². The molecule has 0 saturated carbocycles. The van der Waals surface area contributed by atoms with Gasteiger partial charge in [-0.15, -0.1) is 0 Å². The van der Waals surface area contributed by atoms with Crippen LogP contribution in [-0.2, 0) is 9.53 Å². The molecule has 1 N–H and O–H groups in total. The summed E-state index contributed by atoms with van der Waals surface area (Å²) in [6.45, 7) is 5.96. The number of anilines is 1. The lowest BCUT2D eigenvalue weighted by atomic mass is 10.1. The molecule has 1 aromatic heterocycles. The molecular weight excluding hydrogens is 342 g/mol. The Morgan fingerprint density at radius 2 is 1.89 bits per heavy atom. The van der Waals surface area contributed by atoms with Crippen molar-refractivity contribution in [3.8, 4) is 0 Å². The van der Waals surface area contributed by atoms with Crippen LogP contribution in [0.3, 0.4) is 0 Å². The molecule has 27 heavy (non-hydrogen) atoms. The number of aromatic nitrogens is 2. The zero-order chi connectivity index (χ0) is 19.4. The van der Waals surface area contributed by atoms with Gasteiger partial charge >= 0.3 is 5.97 Å². The fourth-order valence-corrected chi connectivity index (χ4v) is 3.11. The van der Waals surface area contributed by atoms with Gasteiger partial charge in [0.25, 0.3) is 5.91 Å². The second-order valence-corrected chi connectivity index (χ2v) is 6.56. The molecule has 6 heteroatoms. The Balaban J connectivity index is 1.76. The van der Waals surface area contributed by atoms with E-state index in [1.165, 1.54) is 6.20 Å². The van der Waals surface area contributed by atoms with Gasteiger partial charge < -0.3 is 9.64 Å². The second kappa shape index (κ2) is 8.03. The van der Waals surface area contributed by atoms with Crippen molar-refractivity contribution in [2.45, 2.75) is 26.7 Å². The molecule has 0 unspecified atom stereocenters. The maximum absolute atomic E-state index is 12.7. The van der Waals surface area contributed by atoms with Crippen molar-refractivity contribution < 1.29 is 14.3 Å². The van der Waals surface area contributed by atoms with E-state index in [0.717, 1.165) is 16.5 Å². The van der Waals surface area contributed by atoms with Crippen molar-refractivity contribution in [3.05, 3.63) is 59.9 Å². The third-order valence-corrected chi connectivity index (χ3v) is 4.47. The Labute approximate surface area is 158 Å². The molecule has 1 amide bonds. The van der Waals surface area contributed by atoms with Gasteiger partial charge in [-0.1, -0.05) is 50.2 Å². The molecule has 0 atom stereocenters. The summed E-state index contributed by atoms with van der Waals surface area (Å²) in [5.74, 6) is -0.708. The number of amides is 1. The van der Waals surface area contributed by atoms with Crippen LogP contribution in [0.15, 0.2) is 48.7 Å². The van der Waals surface area contributed by atoms with Crippen LogP contribution in [0.1, 0.15) is 42.7 Å². The van der Waals surface area contributed by atoms with E-state index in [-0.39, 0.29) is 18.4 Å². The quantitative estimate of drug-likeness (QED) is 0.672. The third kappa shape index (κ3) is 3.84. The maximum atomic E-state index is 12.7. The molecule has 0 fully saturated rings. The maximum Gasteiger partial charge on any atom is 0.342 e. The summed E-state index contributed by atoms with van der Waals surface area (Å²) in [7, 11) is 0. The zero-order valence-electron chi connectivity index (χ0n) is 15.7. The number of carbonyl (C=O) groups is 2. The molecule has 1 heterocycles. The van der Waals surface area contributed by atoms with Crippen LogP contribution in [0, 0.1) is 0 Å². The average molecular weight is 365 g/mol. The van der Waals surface area contributed by atoms with Crippen molar-refractivity contribution in [3.63, 3.8) is 0 Å². The van der Waals surface area contributed by atoms with Crippen LogP contribution >= 0.6 is 0 Å². The van der Waals surface area contributed by atoms with Crippen molar-refractivity contribution >= 4 is 28.3 Å². The number of rotatable bonds is 6. The highest BCUT2D eigenvalue weighted by Crippen LogP contribution is 2.27. The Morgan fingerprint density at radius 3 is 2.63 bits per heavy atom. The summed E-state index contributed by atoms with van der Waals surface area (Å²) in [4.78, 5) is 26.7. The minimum atomic E-state index is -0.547. The molecule has 0 bridgehead atoms. The molecule has 0 aliphatic heterocycles. The molecule has 0 aliphatic rings. The summed E-state index contributed by atoms with van der Waals surface area (Å²) in [5.41, 5.74) is 1.88. The van der Waals surface area contributed by atoms with Crippen LogP contribution < -0.4 is 4.90 Å². The SMILES string of the molecule is CCN(C(=O)COC(=O)c1cn[nH]c1C(C)C)c1cccc2ccccc12. The molecule has 0 radical (unpaired) electrons. The summed E-state index contributed by atoms with van der Waals surface area (Å²) < 4.78 is 5.27. The molecular formula is C21H23N3O3. The van der Waals surface area contributed by atoms with Crippen molar-refractivity contribution in [1.82, 2.24) is 10.2 Å². The van der Waals surface area contributed by atoms with Gasteiger partial charge in [0, 0.05) is 11.9 Å². The first-order valence-electron chi connectivity index (χ1n) is 9.01. The van der Waals surface area contributed by atoms with E-state index in [2.05, 4.69) is 10.2 Å². The highest BCUT2D eigenvalue weighted by Gasteiger charge is 2.21. The average Bonchev–Trinajstić information content (AvgIpc) is 3.17. The standard InChI is InChI=1S/C21H23N3O3/c1-4-24(18-11-7-9-15-8-5-6-10-16(15)18)19(25)13-27-21(26)17-12-22-23-20(17)14(2)3/h5-12,14H,4,13H2,1-3H3,(H,22,23). The third-order valence-electron chi connectivity index (χ3n) is 4.47. The normalized spacial score (nSPS) is 11.0. The van der Waals surface area contributed by atoms with Gasteiger partial charge in [0.05, 0.1) is 17.6 Å². The molecule has 0 aliphatic carbocycles. The fraction of sp³-hybridized carbons (Fsp3) is 0.286. The lowest BCUT2D eigenvalue weighted by Crippen LogP contribution is -2.34. The number of nitrogens with zero attached hydrogens (tertiary/aromatic N) is 2. The lowest BCUT2D eigenvalue weighted by Gasteiger charge is -2.22. The number of H-pyrrole nitrogens is 1. The number of fused-ring (bicyclic) bond motifs is 1. The largest absolute Gasteiger partial charge is 0.452 e. The Bertz CT molecular complexity index is 957. The van der Waals surface area contributed by atoms with E-state index in [1.54, 1.807) is 4.90 Å². The van der Waals surface area contributed by atoms with Gasteiger partial charge in [-0.2, -0.15) is 5.10 Å². The molecule has 0 spiro atoms. The van der Waals surface area contributed by atoms with Crippen LogP contribution in [0.4, 0.5) is 5.69 Å². The van der Waals surface area contributed by atoms with Gasteiger partial charge in [0.1, 0.15) is 5.56 Å². The van der Waals surface area contributed by atoms with Gasteiger partial charge in [0.2, 0.25) is 0 Å². The number of hydrogen-bond donors (Lipinski definition) is 1. The van der Waals surface area contributed by atoms with Crippen LogP contribution in [-0.4, -0.2) is 35.2 Å². The number of hydrogen-bond acceptors (Lipinski definition) is 4. The van der Waals surface area contributed by atoms with Gasteiger partial charge in [-0.05, 0) is 24.3 Å². The predicted molar refractivity (Wildman–Crippen MR) is 105 cm³/mol. The molecule has 0 saturated heterocycles. The summed E-state index contributed by atoms with van der Waals surface area (Å²) in [6.07, 6.45) is 1.43. The highest BCUT2D eigenvalue weighted by molar-refractivity contribution is 6.04. The van der Waals surface area contributed by atoms with E-state index in [4.69, 9.17) is 4.74 Å². The van der Waals surface area contributed by atoms with Crippen LogP contribution in [0.25, 0.3) is 10.8 Å². The van der Waals surface area contributed by atoms with Gasteiger partial charge in [-0.25, -0.2) is 4.79 Å². The Kier molecular flexibility index (Phi) is 5.54. The summed E-state index contributed by atoms with van der Waals surface area (Å²) in [6, 6.07) is 13.7. The van der Waals surface area contributed by atoms with Crippen molar-refractivity contribution in [2.75, 3.05) is 18.1 Å². The van der Waals surface area contributed by atoms with Gasteiger partial charge in [-0.3, -0.25) is 9.89 Å². The zero-order valence-corrected chi connectivity index (χ0v) is 15.7. The van der Waals surface area contributed by atoms with Crippen molar-refractivity contribution in [1.29, 1.82) is 0 Å². The second-order valence-electron chi connectivity index (χ2n) is 6.56. The number of nitrogens with one attached hydrogen (secondary N) is 1. The number of aromatic amines is 1. The highest BCUT2D eigenvalue weighted by atomic mass is 16.5. The summed E-state index contributed by atoms with van der Waals surface area (Å²) >= 11 is 0. The van der Waals surface area contributed by atoms with E-state index < -0.39 is 5.97 Å². The first kappa shape index (κ1) is 18.6. The topological polar surface area (TPSA) is 75.3 Å².